The minimum atomic E-state index is -1.01. The van der Waals surface area contributed by atoms with Crippen molar-refractivity contribution in [3.05, 3.63) is 82.8 Å². The summed E-state index contributed by atoms with van der Waals surface area (Å²) in [6, 6.07) is 13.5. The normalized spacial score (nSPS) is 16.3. The highest BCUT2D eigenvalue weighted by molar-refractivity contribution is 7.22. The number of aliphatic hydroxyl groups excluding tert-OH is 1. The van der Waals surface area contributed by atoms with Gasteiger partial charge in [0.15, 0.2) is 22.4 Å². The second-order valence-electron chi connectivity index (χ2n) is 10.5. The summed E-state index contributed by atoms with van der Waals surface area (Å²) in [5, 5.41) is 12.1. The summed E-state index contributed by atoms with van der Waals surface area (Å²) < 4.78 is 19.6. The van der Waals surface area contributed by atoms with Gasteiger partial charge in [0, 0.05) is 6.20 Å². The van der Waals surface area contributed by atoms with E-state index in [0.29, 0.717) is 51.4 Å². The number of benzene rings is 2. The number of hydrogen-bond acceptors (Lipinski definition) is 9. The molecule has 1 aliphatic rings. The summed E-state index contributed by atoms with van der Waals surface area (Å²) >= 11 is 1.26. The van der Waals surface area contributed by atoms with Crippen molar-refractivity contribution in [2.45, 2.75) is 39.7 Å². The topological polar surface area (TPSA) is 115 Å². The van der Waals surface area contributed by atoms with E-state index >= 15 is 0 Å². The van der Waals surface area contributed by atoms with Crippen LogP contribution in [0.15, 0.2) is 60.3 Å². The van der Waals surface area contributed by atoms with Gasteiger partial charge in [-0.3, -0.25) is 14.5 Å². The lowest BCUT2D eigenvalue weighted by atomic mass is 9.96. The van der Waals surface area contributed by atoms with Gasteiger partial charge < -0.3 is 23.7 Å². The number of ether oxygens (including phenoxy) is 3. The quantitative estimate of drug-likeness (QED) is 0.0882. The molecular formula is C33H32N4O6S. The number of nitrogens with zero attached hydrogens (tertiary/aromatic N) is 4. The van der Waals surface area contributed by atoms with Crippen LogP contribution in [-0.4, -0.2) is 52.0 Å². The molecule has 0 spiro atoms. The van der Waals surface area contributed by atoms with Gasteiger partial charge in [0.05, 0.1) is 48.4 Å². The average molecular weight is 613 g/mol. The van der Waals surface area contributed by atoms with E-state index in [9.17, 15) is 14.7 Å². The number of aryl methyl sites for hydroxylation is 2. The summed E-state index contributed by atoms with van der Waals surface area (Å²) in [5.74, 6) is -0.367. The Bertz CT molecular complexity index is 1960. The number of amides is 1. The Balaban J connectivity index is 1.56. The number of anilines is 1. The van der Waals surface area contributed by atoms with Crippen molar-refractivity contribution < 1.29 is 28.9 Å². The van der Waals surface area contributed by atoms with Crippen molar-refractivity contribution in [2.24, 2.45) is 0 Å². The van der Waals surface area contributed by atoms with Gasteiger partial charge in [-0.15, -0.1) is 0 Å². The molecule has 1 aliphatic heterocycles. The van der Waals surface area contributed by atoms with Crippen LogP contribution >= 0.6 is 11.3 Å². The fourth-order valence-corrected chi connectivity index (χ4v) is 6.46. The third kappa shape index (κ3) is 4.83. The van der Waals surface area contributed by atoms with Gasteiger partial charge in [0.1, 0.15) is 17.1 Å². The molecule has 44 heavy (non-hydrogen) atoms. The van der Waals surface area contributed by atoms with Gasteiger partial charge >= 0.3 is 5.91 Å². The third-order valence-electron chi connectivity index (χ3n) is 7.80. The summed E-state index contributed by atoms with van der Waals surface area (Å²) in [6.45, 7) is 6.33. The van der Waals surface area contributed by atoms with Crippen LogP contribution < -0.4 is 19.1 Å². The van der Waals surface area contributed by atoms with Crippen molar-refractivity contribution in [2.75, 3.05) is 25.7 Å². The fraction of sp³-hybridized carbons (Fsp3) is 0.273. The molecule has 0 aliphatic carbocycles. The lowest BCUT2D eigenvalue weighted by Gasteiger charge is -2.23. The number of unbranched alkanes of at least 4 members (excludes halogenated alkanes) is 1. The lowest BCUT2D eigenvalue weighted by molar-refractivity contribution is -0.132. The lowest BCUT2D eigenvalue weighted by Crippen LogP contribution is -2.29. The van der Waals surface area contributed by atoms with E-state index in [1.807, 2.05) is 42.6 Å². The van der Waals surface area contributed by atoms with Crippen molar-refractivity contribution >= 4 is 49.8 Å². The molecule has 1 amide bonds. The number of carbonyl (C=O) groups excluding carboxylic acids is 2. The SMILES string of the molecule is CCCCOc1ccc(C2C(=C(O)c3nc4c(C)cccn4c3C)C(=O)C(=O)N2c2nc3ccc(OC)cc3s2)cc1OC. The Morgan fingerprint density at radius 3 is 2.57 bits per heavy atom. The number of Topliss-reactive ketones (excluding diaryl/α,β-unsaturated/α-hetero) is 1. The Kier molecular flexibility index (Phi) is 7.73. The first kappa shape index (κ1) is 29.2. The zero-order valence-corrected chi connectivity index (χ0v) is 25.9. The highest BCUT2D eigenvalue weighted by atomic mass is 32.1. The number of rotatable bonds is 9. The number of imidazole rings is 1. The third-order valence-corrected chi connectivity index (χ3v) is 8.82. The fourth-order valence-electron chi connectivity index (χ4n) is 5.44. The minimum Gasteiger partial charge on any atom is -0.505 e. The molecule has 6 rings (SSSR count). The van der Waals surface area contributed by atoms with Crippen LogP contribution in [0.25, 0.3) is 21.6 Å². The van der Waals surface area contributed by atoms with Crippen LogP contribution in [0.5, 0.6) is 17.2 Å². The van der Waals surface area contributed by atoms with Crippen LogP contribution in [-0.2, 0) is 9.59 Å². The number of aliphatic hydroxyl groups is 1. The number of ketones is 1. The predicted molar refractivity (Wildman–Crippen MR) is 169 cm³/mol. The number of pyridine rings is 1. The first-order valence-corrected chi connectivity index (χ1v) is 15.1. The molecule has 1 fully saturated rings. The van der Waals surface area contributed by atoms with Crippen LogP contribution in [0.2, 0.25) is 0 Å². The molecule has 0 radical (unpaired) electrons. The van der Waals surface area contributed by atoms with Crippen LogP contribution in [0.4, 0.5) is 5.13 Å². The number of carbonyl (C=O) groups is 2. The first-order valence-electron chi connectivity index (χ1n) is 14.3. The molecule has 1 saturated heterocycles. The highest BCUT2D eigenvalue weighted by Gasteiger charge is 2.49. The first-order chi connectivity index (χ1) is 21.3. The summed E-state index contributed by atoms with van der Waals surface area (Å²) in [5.41, 5.74) is 3.51. The summed E-state index contributed by atoms with van der Waals surface area (Å²) in [4.78, 5) is 38.4. The van der Waals surface area contributed by atoms with E-state index in [1.165, 1.54) is 23.3 Å². The van der Waals surface area contributed by atoms with Crippen molar-refractivity contribution in [1.29, 1.82) is 0 Å². The number of thiazole rings is 1. The molecular weight excluding hydrogens is 580 g/mol. The monoisotopic (exact) mass is 612 g/mol. The van der Waals surface area contributed by atoms with Gasteiger partial charge in [-0.1, -0.05) is 36.8 Å². The van der Waals surface area contributed by atoms with Crippen LogP contribution in [0.1, 0.15) is 48.3 Å². The van der Waals surface area contributed by atoms with Crippen LogP contribution in [0.3, 0.4) is 0 Å². The van der Waals surface area contributed by atoms with Gasteiger partial charge in [0.25, 0.3) is 5.78 Å². The zero-order chi connectivity index (χ0) is 31.1. The zero-order valence-electron chi connectivity index (χ0n) is 25.1. The van der Waals surface area contributed by atoms with Crippen LogP contribution in [0, 0.1) is 13.8 Å². The van der Waals surface area contributed by atoms with Crippen molar-refractivity contribution in [1.82, 2.24) is 14.4 Å². The van der Waals surface area contributed by atoms with E-state index in [2.05, 4.69) is 11.9 Å². The summed E-state index contributed by atoms with van der Waals surface area (Å²) in [6.07, 6.45) is 3.70. The standard InChI is InChI=1S/C33H32N4O6S/c1-6-7-15-43-23-13-10-20(16-24(23)42-5)28-26(29(38)27-19(3)36-14-8-9-18(2)31(36)35-27)30(39)32(40)37(28)33-34-22-12-11-21(41-4)17-25(22)44-33/h8-14,16-17,28,38H,6-7,15H2,1-5H3. The Labute approximate surface area is 258 Å². The maximum atomic E-state index is 13.8. The molecule has 4 heterocycles. The van der Waals surface area contributed by atoms with E-state index in [0.717, 1.165) is 23.1 Å². The molecule has 3 aromatic heterocycles. The molecule has 11 heteroatoms. The van der Waals surface area contributed by atoms with Gasteiger partial charge in [-0.2, -0.15) is 0 Å². The molecule has 5 aromatic rings. The Morgan fingerprint density at radius 2 is 1.84 bits per heavy atom. The Hall–Kier alpha value is -4.90. The maximum Gasteiger partial charge on any atom is 0.301 e. The van der Waals surface area contributed by atoms with Gasteiger partial charge in [-0.25, -0.2) is 9.97 Å². The molecule has 1 atom stereocenters. The minimum absolute atomic E-state index is 0.0855. The second-order valence-corrected chi connectivity index (χ2v) is 11.6. The largest absolute Gasteiger partial charge is 0.505 e. The molecule has 2 aromatic carbocycles. The van der Waals surface area contributed by atoms with E-state index in [-0.39, 0.29) is 17.0 Å². The highest BCUT2D eigenvalue weighted by Crippen LogP contribution is 2.46. The predicted octanol–water partition coefficient (Wildman–Crippen LogP) is 6.38. The molecule has 226 valence electrons. The number of methoxy groups -OCH3 is 2. The molecule has 10 nitrogen and oxygen atoms in total. The number of fused-ring (bicyclic) bond motifs is 2. The van der Waals surface area contributed by atoms with Gasteiger partial charge in [0.2, 0.25) is 0 Å². The number of hydrogen-bond donors (Lipinski definition) is 1. The van der Waals surface area contributed by atoms with Crippen molar-refractivity contribution in [3.8, 4) is 17.2 Å². The molecule has 0 bridgehead atoms. The smallest absolute Gasteiger partial charge is 0.301 e. The van der Waals surface area contributed by atoms with Crippen molar-refractivity contribution in [3.63, 3.8) is 0 Å². The summed E-state index contributed by atoms with van der Waals surface area (Å²) in [7, 11) is 3.11. The van der Waals surface area contributed by atoms with E-state index < -0.39 is 17.7 Å². The molecule has 1 unspecified atom stereocenters. The second kappa shape index (κ2) is 11.6. The van der Waals surface area contributed by atoms with E-state index in [4.69, 9.17) is 19.2 Å². The molecule has 0 saturated carbocycles. The maximum absolute atomic E-state index is 13.8. The Morgan fingerprint density at radius 1 is 1.02 bits per heavy atom. The average Bonchev–Trinajstić information content (AvgIpc) is 3.68. The molecule has 1 N–H and O–H groups in total. The van der Waals surface area contributed by atoms with Gasteiger partial charge in [-0.05, 0) is 67.8 Å². The number of aromatic nitrogens is 3. The van der Waals surface area contributed by atoms with E-state index in [1.54, 1.807) is 37.4 Å².